The summed E-state index contributed by atoms with van der Waals surface area (Å²) < 4.78 is 0. The van der Waals surface area contributed by atoms with Gasteiger partial charge in [-0.05, 0) is 30.5 Å². The van der Waals surface area contributed by atoms with E-state index in [0.717, 1.165) is 18.7 Å². The van der Waals surface area contributed by atoms with Crippen LogP contribution < -0.4 is 0 Å². The molecule has 1 saturated heterocycles. The number of carbonyl (C=O) groups is 2. The standard InChI is InChI=1S/C17H24N2O2/c1-13(2)15-4-6-16(7-5-15)17(21)19-10-8-18(9-11-19)12-14(3)20/h4-7,13H,8-12H2,1-3H3. The van der Waals surface area contributed by atoms with Crippen molar-refractivity contribution < 1.29 is 9.59 Å². The fraction of sp³-hybridized carbons (Fsp3) is 0.529. The summed E-state index contributed by atoms with van der Waals surface area (Å²) in [5.74, 6) is 0.746. The van der Waals surface area contributed by atoms with Crippen LogP contribution >= 0.6 is 0 Å². The molecule has 0 N–H and O–H groups in total. The van der Waals surface area contributed by atoms with Gasteiger partial charge in [0.15, 0.2) is 0 Å². The van der Waals surface area contributed by atoms with Crippen molar-refractivity contribution >= 4 is 11.7 Å². The van der Waals surface area contributed by atoms with Gasteiger partial charge in [-0.15, -0.1) is 0 Å². The molecule has 2 rings (SSSR count). The predicted octanol–water partition coefficient (Wildman–Crippen LogP) is 2.16. The van der Waals surface area contributed by atoms with Crippen molar-refractivity contribution in [3.63, 3.8) is 0 Å². The summed E-state index contributed by atoms with van der Waals surface area (Å²) in [6.45, 7) is 9.32. The summed E-state index contributed by atoms with van der Waals surface area (Å²) in [7, 11) is 0. The summed E-state index contributed by atoms with van der Waals surface area (Å²) in [6, 6.07) is 7.90. The van der Waals surface area contributed by atoms with Gasteiger partial charge in [0, 0.05) is 31.7 Å². The number of rotatable bonds is 4. The zero-order chi connectivity index (χ0) is 15.4. The van der Waals surface area contributed by atoms with E-state index in [9.17, 15) is 9.59 Å². The van der Waals surface area contributed by atoms with E-state index >= 15 is 0 Å². The fourth-order valence-corrected chi connectivity index (χ4v) is 2.62. The lowest BCUT2D eigenvalue weighted by Gasteiger charge is -2.34. The monoisotopic (exact) mass is 288 g/mol. The highest BCUT2D eigenvalue weighted by atomic mass is 16.2. The predicted molar refractivity (Wildman–Crippen MR) is 83.6 cm³/mol. The van der Waals surface area contributed by atoms with Crippen LogP contribution in [-0.4, -0.2) is 54.2 Å². The summed E-state index contributed by atoms with van der Waals surface area (Å²) in [5.41, 5.74) is 2.00. The van der Waals surface area contributed by atoms with Gasteiger partial charge in [0.1, 0.15) is 5.78 Å². The average molecular weight is 288 g/mol. The number of benzene rings is 1. The second-order valence-corrected chi connectivity index (χ2v) is 6.05. The maximum atomic E-state index is 12.5. The molecule has 1 fully saturated rings. The molecule has 1 aliphatic heterocycles. The maximum Gasteiger partial charge on any atom is 0.253 e. The normalized spacial score (nSPS) is 16.3. The second-order valence-electron chi connectivity index (χ2n) is 6.05. The Hall–Kier alpha value is -1.68. The fourth-order valence-electron chi connectivity index (χ4n) is 2.62. The number of piperazine rings is 1. The van der Waals surface area contributed by atoms with Gasteiger partial charge in [-0.1, -0.05) is 26.0 Å². The Bertz CT molecular complexity index is 500. The van der Waals surface area contributed by atoms with E-state index in [-0.39, 0.29) is 11.7 Å². The molecule has 1 aliphatic rings. The minimum Gasteiger partial charge on any atom is -0.336 e. The smallest absolute Gasteiger partial charge is 0.253 e. The number of Topliss-reactive ketones (excluding diaryl/α,β-unsaturated/α-hetero) is 1. The average Bonchev–Trinajstić information content (AvgIpc) is 2.47. The topological polar surface area (TPSA) is 40.6 Å². The molecule has 4 heteroatoms. The number of hydrogen-bond acceptors (Lipinski definition) is 3. The van der Waals surface area contributed by atoms with Crippen molar-refractivity contribution in [3.8, 4) is 0 Å². The third kappa shape index (κ3) is 4.14. The minimum absolute atomic E-state index is 0.0905. The zero-order valence-electron chi connectivity index (χ0n) is 13.1. The summed E-state index contributed by atoms with van der Waals surface area (Å²) in [6.07, 6.45) is 0. The van der Waals surface area contributed by atoms with Gasteiger partial charge < -0.3 is 4.90 Å². The Kier molecular flexibility index (Phi) is 5.12. The van der Waals surface area contributed by atoms with Crippen molar-refractivity contribution in [2.75, 3.05) is 32.7 Å². The number of nitrogens with zero attached hydrogens (tertiary/aromatic N) is 2. The third-order valence-corrected chi connectivity index (χ3v) is 3.93. The molecule has 0 aromatic heterocycles. The van der Waals surface area contributed by atoms with Gasteiger partial charge in [-0.3, -0.25) is 14.5 Å². The Morgan fingerprint density at radius 1 is 1.05 bits per heavy atom. The van der Waals surface area contributed by atoms with Crippen LogP contribution in [0, 0.1) is 0 Å². The largest absolute Gasteiger partial charge is 0.336 e. The van der Waals surface area contributed by atoms with E-state index in [1.54, 1.807) is 6.92 Å². The molecule has 0 aliphatic carbocycles. The molecule has 0 saturated carbocycles. The van der Waals surface area contributed by atoms with Crippen LogP contribution in [0.3, 0.4) is 0 Å². The number of carbonyl (C=O) groups excluding carboxylic acids is 2. The quantitative estimate of drug-likeness (QED) is 0.852. The highest BCUT2D eigenvalue weighted by Crippen LogP contribution is 2.16. The van der Waals surface area contributed by atoms with E-state index < -0.39 is 0 Å². The van der Waals surface area contributed by atoms with Crippen molar-refractivity contribution in [2.24, 2.45) is 0 Å². The van der Waals surface area contributed by atoms with E-state index in [4.69, 9.17) is 0 Å². The highest BCUT2D eigenvalue weighted by Gasteiger charge is 2.22. The van der Waals surface area contributed by atoms with E-state index in [0.29, 0.717) is 25.6 Å². The van der Waals surface area contributed by atoms with Crippen LogP contribution in [-0.2, 0) is 4.79 Å². The van der Waals surface area contributed by atoms with Gasteiger partial charge in [0.25, 0.3) is 5.91 Å². The zero-order valence-corrected chi connectivity index (χ0v) is 13.1. The van der Waals surface area contributed by atoms with Crippen LogP contribution in [0.1, 0.15) is 42.6 Å². The SMILES string of the molecule is CC(=O)CN1CCN(C(=O)c2ccc(C(C)C)cc2)CC1. The van der Waals surface area contributed by atoms with Crippen LogP contribution in [0.2, 0.25) is 0 Å². The first kappa shape index (κ1) is 15.7. The van der Waals surface area contributed by atoms with Crippen molar-refractivity contribution in [3.05, 3.63) is 35.4 Å². The first-order valence-corrected chi connectivity index (χ1v) is 7.58. The number of ketones is 1. The van der Waals surface area contributed by atoms with Crippen LogP contribution in [0.5, 0.6) is 0 Å². The summed E-state index contributed by atoms with van der Waals surface area (Å²) in [4.78, 5) is 27.5. The third-order valence-electron chi connectivity index (χ3n) is 3.93. The number of hydrogen-bond donors (Lipinski definition) is 0. The molecule has 21 heavy (non-hydrogen) atoms. The van der Waals surface area contributed by atoms with Crippen LogP contribution in [0.25, 0.3) is 0 Å². The van der Waals surface area contributed by atoms with Crippen molar-refractivity contribution in [1.82, 2.24) is 9.80 Å². The van der Waals surface area contributed by atoms with Gasteiger partial charge in [-0.25, -0.2) is 0 Å². The highest BCUT2D eigenvalue weighted by molar-refractivity contribution is 5.94. The van der Waals surface area contributed by atoms with Gasteiger partial charge in [0.05, 0.1) is 6.54 Å². The first-order valence-electron chi connectivity index (χ1n) is 7.58. The van der Waals surface area contributed by atoms with E-state index in [1.807, 2.05) is 29.2 Å². The Morgan fingerprint density at radius 3 is 2.10 bits per heavy atom. The lowest BCUT2D eigenvalue weighted by atomic mass is 10.0. The second kappa shape index (κ2) is 6.85. The molecular formula is C17H24N2O2. The van der Waals surface area contributed by atoms with E-state index in [1.165, 1.54) is 5.56 Å². The molecule has 0 radical (unpaired) electrons. The van der Waals surface area contributed by atoms with Gasteiger partial charge in [0.2, 0.25) is 0 Å². The molecule has 1 aromatic rings. The molecule has 0 spiro atoms. The van der Waals surface area contributed by atoms with E-state index in [2.05, 4.69) is 18.7 Å². The number of amides is 1. The lowest BCUT2D eigenvalue weighted by Crippen LogP contribution is -2.49. The summed E-state index contributed by atoms with van der Waals surface area (Å²) in [5, 5.41) is 0. The van der Waals surface area contributed by atoms with Gasteiger partial charge >= 0.3 is 0 Å². The Balaban J connectivity index is 1.94. The molecule has 1 amide bonds. The molecule has 0 unspecified atom stereocenters. The van der Waals surface area contributed by atoms with Crippen molar-refractivity contribution in [2.45, 2.75) is 26.7 Å². The Labute approximate surface area is 126 Å². The Morgan fingerprint density at radius 2 is 1.62 bits per heavy atom. The molecule has 0 atom stereocenters. The first-order chi connectivity index (χ1) is 9.97. The van der Waals surface area contributed by atoms with Gasteiger partial charge in [-0.2, -0.15) is 0 Å². The molecule has 1 aromatic carbocycles. The minimum atomic E-state index is 0.0905. The van der Waals surface area contributed by atoms with Crippen molar-refractivity contribution in [1.29, 1.82) is 0 Å². The van der Waals surface area contributed by atoms with Crippen LogP contribution in [0.15, 0.2) is 24.3 Å². The maximum absolute atomic E-state index is 12.5. The summed E-state index contributed by atoms with van der Waals surface area (Å²) >= 11 is 0. The lowest BCUT2D eigenvalue weighted by molar-refractivity contribution is -0.118. The molecule has 4 nitrogen and oxygen atoms in total. The molecule has 1 heterocycles. The molecule has 114 valence electrons. The molecule has 0 bridgehead atoms. The molecular weight excluding hydrogens is 264 g/mol. The van der Waals surface area contributed by atoms with Crippen LogP contribution in [0.4, 0.5) is 0 Å².